The summed E-state index contributed by atoms with van der Waals surface area (Å²) in [6.45, 7) is 4.07. The minimum Gasteiger partial charge on any atom is -0.497 e. The van der Waals surface area contributed by atoms with Crippen LogP contribution in [-0.4, -0.2) is 32.7 Å². The summed E-state index contributed by atoms with van der Waals surface area (Å²) in [7, 11) is 2.97. The molecule has 2 aromatic rings. The number of aryl methyl sites for hydroxylation is 2. The lowest BCUT2D eigenvalue weighted by Gasteiger charge is -2.11. The molecule has 0 aromatic heterocycles. The number of ether oxygens (including phenoxy) is 3. The van der Waals surface area contributed by atoms with Crippen LogP contribution in [0.25, 0.3) is 0 Å². The van der Waals surface area contributed by atoms with E-state index in [2.05, 4.69) is 5.32 Å². The topological polar surface area (TPSA) is 73.9 Å². The first-order valence-electron chi connectivity index (χ1n) is 8.16. The molecule has 1 amide bonds. The molecule has 0 saturated heterocycles. The molecule has 0 bridgehead atoms. The van der Waals surface area contributed by atoms with Crippen molar-refractivity contribution >= 4 is 11.9 Å². The number of rotatable bonds is 7. The fourth-order valence-electron chi connectivity index (χ4n) is 2.34. The summed E-state index contributed by atoms with van der Waals surface area (Å²) < 4.78 is 15.3. The third-order valence-corrected chi connectivity index (χ3v) is 4.02. The van der Waals surface area contributed by atoms with Crippen molar-refractivity contribution in [3.05, 3.63) is 58.7 Å². The van der Waals surface area contributed by atoms with Gasteiger partial charge in [-0.2, -0.15) is 0 Å². The summed E-state index contributed by atoms with van der Waals surface area (Å²) in [5.74, 6) is -0.121. The van der Waals surface area contributed by atoms with E-state index in [1.54, 1.807) is 12.1 Å². The van der Waals surface area contributed by atoms with Gasteiger partial charge in [-0.25, -0.2) is 4.79 Å². The average Bonchev–Trinajstić information content (AvgIpc) is 2.66. The largest absolute Gasteiger partial charge is 0.497 e. The number of methoxy groups -OCH3 is 2. The van der Waals surface area contributed by atoms with Crippen LogP contribution in [0.2, 0.25) is 0 Å². The van der Waals surface area contributed by atoms with Gasteiger partial charge in [0.1, 0.15) is 17.1 Å². The Kier molecular flexibility index (Phi) is 6.60. The molecule has 0 saturated carbocycles. The Morgan fingerprint density at radius 3 is 2.38 bits per heavy atom. The number of nitrogens with one attached hydrogen (secondary N) is 1. The average molecular weight is 357 g/mol. The molecule has 138 valence electrons. The highest BCUT2D eigenvalue weighted by atomic mass is 16.5. The molecule has 26 heavy (non-hydrogen) atoms. The van der Waals surface area contributed by atoms with Gasteiger partial charge in [-0.15, -0.1) is 0 Å². The Labute approximate surface area is 153 Å². The molecule has 1 N–H and O–H groups in total. The Morgan fingerprint density at radius 2 is 1.73 bits per heavy atom. The van der Waals surface area contributed by atoms with Gasteiger partial charge in [0.05, 0.1) is 14.2 Å². The Balaban J connectivity index is 1.88. The van der Waals surface area contributed by atoms with Crippen molar-refractivity contribution in [2.24, 2.45) is 0 Å². The number of benzene rings is 2. The Morgan fingerprint density at radius 1 is 0.962 bits per heavy atom. The van der Waals surface area contributed by atoms with Crippen molar-refractivity contribution in [2.75, 3.05) is 20.8 Å². The minimum absolute atomic E-state index is 0.232. The van der Waals surface area contributed by atoms with E-state index in [4.69, 9.17) is 14.2 Å². The lowest BCUT2D eigenvalue weighted by atomic mass is 10.1. The van der Waals surface area contributed by atoms with Gasteiger partial charge in [-0.3, -0.25) is 4.79 Å². The van der Waals surface area contributed by atoms with Crippen molar-refractivity contribution < 1.29 is 23.8 Å². The highest BCUT2D eigenvalue weighted by Gasteiger charge is 2.16. The number of carbonyl (C=O) groups is 2. The van der Waals surface area contributed by atoms with Crippen LogP contribution in [0.15, 0.2) is 36.4 Å². The van der Waals surface area contributed by atoms with E-state index in [1.165, 1.54) is 25.8 Å². The number of carbonyl (C=O) groups excluding carboxylic acids is 2. The van der Waals surface area contributed by atoms with Crippen LogP contribution in [0, 0.1) is 13.8 Å². The molecular formula is C20H23NO5. The summed E-state index contributed by atoms with van der Waals surface area (Å²) in [6.07, 6.45) is 0. The maximum absolute atomic E-state index is 12.2. The molecule has 0 radical (unpaired) electrons. The predicted octanol–water partition coefficient (Wildman–Crippen LogP) is 2.79. The van der Waals surface area contributed by atoms with Crippen LogP contribution < -0.4 is 14.8 Å². The monoisotopic (exact) mass is 357 g/mol. The summed E-state index contributed by atoms with van der Waals surface area (Å²) >= 11 is 0. The smallest absolute Gasteiger partial charge is 0.342 e. The van der Waals surface area contributed by atoms with Crippen molar-refractivity contribution in [1.82, 2.24) is 5.32 Å². The predicted molar refractivity (Wildman–Crippen MR) is 97.6 cm³/mol. The standard InChI is InChI=1S/C20H23NO5/c1-13-5-6-15(9-14(13)2)11-21-19(22)12-26-20(23)17-8-7-16(24-3)10-18(17)25-4/h5-10H,11-12H2,1-4H3,(H,21,22). The summed E-state index contributed by atoms with van der Waals surface area (Å²) in [5, 5.41) is 2.73. The molecular weight excluding hydrogens is 334 g/mol. The lowest BCUT2D eigenvalue weighted by Crippen LogP contribution is -2.28. The SMILES string of the molecule is COc1ccc(C(=O)OCC(=O)NCc2ccc(C)c(C)c2)c(OC)c1. The molecule has 0 aliphatic carbocycles. The summed E-state index contributed by atoms with van der Waals surface area (Å²) in [5.41, 5.74) is 3.58. The van der Waals surface area contributed by atoms with E-state index >= 15 is 0 Å². The number of hydrogen-bond donors (Lipinski definition) is 1. The maximum atomic E-state index is 12.2. The summed E-state index contributed by atoms with van der Waals surface area (Å²) in [6, 6.07) is 10.7. The Bertz CT molecular complexity index is 801. The zero-order valence-corrected chi connectivity index (χ0v) is 15.4. The van der Waals surface area contributed by atoms with Crippen LogP contribution in [0.5, 0.6) is 11.5 Å². The minimum atomic E-state index is -0.633. The van der Waals surface area contributed by atoms with Gasteiger partial charge in [0, 0.05) is 12.6 Å². The number of esters is 1. The van der Waals surface area contributed by atoms with E-state index in [-0.39, 0.29) is 18.1 Å². The first kappa shape index (κ1) is 19.3. The van der Waals surface area contributed by atoms with Gasteiger partial charge in [0.25, 0.3) is 5.91 Å². The fourth-order valence-corrected chi connectivity index (χ4v) is 2.34. The molecule has 0 aliphatic rings. The molecule has 2 aromatic carbocycles. The molecule has 2 rings (SSSR count). The van der Waals surface area contributed by atoms with Crippen molar-refractivity contribution in [2.45, 2.75) is 20.4 Å². The molecule has 6 nitrogen and oxygen atoms in total. The van der Waals surface area contributed by atoms with E-state index in [0.29, 0.717) is 18.0 Å². The number of hydrogen-bond acceptors (Lipinski definition) is 5. The van der Waals surface area contributed by atoms with Gasteiger partial charge in [-0.05, 0) is 42.7 Å². The van der Waals surface area contributed by atoms with Gasteiger partial charge in [-0.1, -0.05) is 18.2 Å². The zero-order valence-electron chi connectivity index (χ0n) is 15.4. The zero-order chi connectivity index (χ0) is 19.1. The van der Waals surface area contributed by atoms with Crippen LogP contribution in [0.1, 0.15) is 27.0 Å². The van der Waals surface area contributed by atoms with Crippen LogP contribution >= 0.6 is 0 Å². The molecule has 0 fully saturated rings. The van der Waals surface area contributed by atoms with Gasteiger partial charge in [0.15, 0.2) is 6.61 Å². The normalized spacial score (nSPS) is 10.2. The third-order valence-electron chi connectivity index (χ3n) is 4.02. The third kappa shape index (κ3) is 4.99. The molecule has 0 heterocycles. The summed E-state index contributed by atoms with van der Waals surface area (Å²) in [4.78, 5) is 24.1. The Hall–Kier alpha value is -3.02. The van der Waals surface area contributed by atoms with E-state index in [9.17, 15) is 9.59 Å². The van der Waals surface area contributed by atoms with Gasteiger partial charge in [0.2, 0.25) is 0 Å². The van der Waals surface area contributed by atoms with E-state index < -0.39 is 5.97 Å². The van der Waals surface area contributed by atoms with Crippen LogP contribution in [-0.2, 0) is 16.1 Å². The molecule has 0 atom stereocenters. The van der Waals surface area contributed by atoms with E-state index in [1.807, 2.05) is 32.0 Å². The first-order valence-corrected chi connectivity index (χ1v) is 8.16. The van der Waals surface area contributed by atoms with Gasteiger partial charge >= 0.3 is 5.97 Å². The lowest BCUT2D eigenvalue weighted by molar-refractivity contribution is -0.124. The van der Waals surface area contributed by atoms with Crippen LogP contribution in [0.4, 0.5) is 0 Å². The second kappa shape index (κ2) is 8.89. The van der Waals surface area contributed by atoms with Crippen molar-refractivity contribution in [3.8, 4) is 11.5 Å². The second-order valence-corrected chi connectivity index (χ2v) is 5.84. The molecule has 6 heteroatoms. The van der Waals surface area contributed by atoms with E-state index in [0.717, 1.165) is 11.1 Å². The maximum Gasteiger partial charge on any atom is 0.342 e. The second-order valence-electron chi connectivity index (χ2n) is 5.84. The molecule has 0 aliphatic heterocycles. The van der Waals surface area contributed by atoms with Crippen LogP contribution in [0.3, 0.4) is 0 Å². The van der Waals surface area contributed by atoms with Crippen molar-refractivity contribution in [1.29, 1.82) is 0 Å². The van der Waals surface area contributed by atoms with Gasteiger partial charge < -0.3 is 19.5 Å². The highest BCUT2D eigenvalue weighted by Crippen LogP contribution is 2.25. The highest BCUT2D eigenvalue weighted by molar-refractivity contribution is 5.94. The number of amides is 1. The van der Waals surface area contributed by atoms with Crippen molar-refractivity contribution in [3.63, 3.8) is 0 Å². The fraction of sp³-hybridized carbons (Fsp3) is 0.300. The quantitative estimate of drug-likeness (QED) is 0.772. The molecule has 0 unspecified atom stereocenters. The molecule has 0 spiro atoms. The first-order chi connectivity index (χ1) is 12.4.